The van der Waals surface area contributed by atoms with Crippen LogP contribution < -0.4 is 9.47 Å². The van der Waals surface area contributed by atoms with Gasteiger partial charge in [0.25, 0.3) is 0 Å². The van der Waals surface area contributed by atoms with Crippen LogP contribution in [0.25, 0.3) is 11.1 Å². The number of ether oxygens (including phenoxy) is 2. The molecule has 298 valence electrons. The van der Waals surface area contributed by atoms with Gasteiger partial charge in [0.1, 0.15) is 23.0 Å². The highest BCUT2D eigenvalue weighted by molar-refractivity contribution is 6.02. The molecule has 0 unspecified atom stereocenters. The Hall–Kier alpha value is -7.20. The summed E-state index contributed by atoms with van der Waals surface area (Å²) in [6.07, 6.45) is 0. The first kappa shape index (κ1) is 40.0. The van der Waals surface area contributed by atoms with E-state index in [2.05, 4.69) is 77.9 Å². The molecule has 0 bridgehead atoms. The van der Waals surface area contributed by atoms with Crippen LogP contribution in [0, 0.1) is 0 Å². The van der Waals surface area contributed by atoms with Gasteiger partial charge in [-0.15, -0.1) is 0 Å². The summed E-state index contributed by atoms with van der Waals surface area (Å²) in [5.41, 5.74) is 4.45. The maximum atomic E-state index is 12.0. The van der Waals surface area contributed by atoms with Gasteiger partial charge in [-0.05, 0) is 105 Å². The fraction of sp³-hybridized carbons (Fsp3) is 0.184. The Morgan fingerprint density at radius 1 is 0.441 bits per heavy atom. The van der Waals surface area contributed by atoms with E-state index >= 15 is 0 Å². The largest absolute Gasteiger partial charge is 0.478 e. The quantitative estimate of drug-likeness (QED) is 0.105. The molecular formula is C49H42O10. The number of hydrogen-bond donors (Lipinski definition) is 4. The van der Waals surface area contributed by atoms with Crippen LogP contribution in [0.4, 0.5) is 0 Å². The standard InChI is InChI=1S/C49H42O10/c1-47(2,3)39-23-27(15-21-41(39)58-29-17-19-33(43(50)51)35(25-29)45(54)55)49(37-13-9-7-11-31(37)32-12-8-10-14-38(32)49)28-16-22-42(40(24-28)48(4,5)6)59-30-18-20-34(44(52)53)36(26-30)46(56)57/h7-26H,1-6H3,(H,50,51)(H,52,53)(H,54,55)(H,56,57). The van der Waals surface area contributed by atoms with Crippen LogP contribution in [0.5, 0.6) is 23.0 Å². The molecule has 0 saturated heterocycles. The van der Waals surface area contributed by atoms with Gasteiger partial charge in [-0.3, -0.25) is 0 Å². The van der Waals surface area contributed by atoms with E-state index in [1.54, 1.807) is 0 Å². The molecular weight excluding hydrogens is 749 g/mol. The van der Waals surface area contributed by atoms with Gasteiger partial charge in [0, 0.05) is 11.1 Å². The van der Waals surface area contributed by atoms with Crippen molar-refractivity contribution >= 4 is 23.9 Å². The van der Waals surface area contributed by atoms with Crippen LogP contribution in [0.15, 0.2) is 121 Å². The number of carboxylic acids is 4. The number of aromatic carboxylic acids is 4. The van der Waals surface area contributed by atoms with Gasteiger partial charge in [0.05, 0.1) is 27.7 Å². The van der Waals surface area contributed by atoms with Crippen molar-refractivity contribution in [2.24, 2.45) is 0 Å². The predicted octanol–water partition coefficient (Wildman–Crippen LogP) is 11.0. The lowest BCUT2D eigenvalue weighted by molar-refractivity contribution is 0.0651. The maximum absolute atomic E-state index is 12.0. The molecule has 1 aliphatic carbocycles. The van der Waals surface area contributed by atoms with Crippen LogP contribution in [-0.2, 0) is 16.2 Å². The molecule has 0 radical (unpaired) electrons. The summed E-state index contributed by atoms with van der Waals surface area (Å²) in [4.78, 5) is 47.6. The van der Waals surface area contributed by atoms with E-state index in [-0.39, 0.29) is 33.8 Å². The summed E-state index contributed by atoms with van der Waals surface area (Å²) >= 11 is 0. The van der Waals surface area contributed by atoms with Crippen molar-refractivity contribution in [1.29, 1.82) is 0 Å². The molecule has 4 N–H and O–H groups in total. The maximum Gasteiger partial charge on any atom is 0.336 e. The van der Waals surface area contributed by atoms with E-state index in [0.717, 1.165) is 44.5 Å². The minimum Gasteiger partial charge on any atom is -0.478 e. The van der Waals surface area contributed by atoms with Crippen molar-refractivity contribution < 1.29 is 49.1 Å². The third-order valence-corrected chi connectivity index (χ3v) is 10.8. The fourth-order valence-corrected chi connectivity index (χ4v) is 8.05. The summed E-state index contributed by atoms with van der Waals surface area (Å²) < 4.78 is 12.8. The van der Waals surface area contributed by atoms with Crippen molar-refractivity contribution in [3.05, 3.63) is 177 Å². The Morgan fingerprint density at radius 2 is 0.797 bits per heavy atom. The monoisotopic (exact) mass is 790 g/mol. The van der Waals surface area contributed by atoms with Gasteiger partial charge in [-0.2, -0.15) is 0 Å². The molecule has 6 aromatic rings. The Bertz CT molecular complexity index is 2530. The lowest BCUT2D eigenvalue weighted by Gasteiger charge is -2.36. The molecule has 0 atom stereocenters. The number of benzene rings is 6. The summed E-state index contributed by atoms with van der Waals surface area (Å²) in [6.45, 7) is 12.3. The molecule has 10 heteroatoms. The average Bonchev–Trinajstić information content (AvgIpc) is 3.48. The Labute approximate surface area is 341 Å². The van der Waals surface area contributed by atoms with Crippen molar-refractivity contribution in [2.75, 3.05) is 0 Å². The second kappa shape index (κ2) is 14.6. The molecule has 6 aromatic carbocycles. The van der Waals surface area contributed by atoms with Crippen molar-refractivity contribution in [3.63, 3.8) is 0 Å². The van der Waals surface area contributed by atoms with Gasteiger partial charge in [0.2, 0.25) is 0 Å². The van der Waals surface area contributed by atoms with E-state index in [4.69, 9.17) is 9.47 Å². The van der Waals surface area contributed by atoms with Crippen LogP contribution in [-0.4, -0.2) is 44.3 Å². The molecule has 0 spiro atoms. The number of carboxylic acid groups (broad SMARTS) is 4. The van der Waals surface area contributed by atoms with Gasteiger partial charge < -0.3 is 29.9 Å². The molecule has 10 nitrogen and oxygen atoms in total. The van der Waals surface area contributed by atoms with Crippen molar-refractivity contribution in [3.8, 4) is 34.1 Å². The van der Waals surface area contributed by atoms with Crippen LogP contribution >= 0.6 is 0 Å². The zero-order chi connectivity index (χ0) is 42.6. The normalized spacial score (nSPS) is 12.9. The third-order valence-electron chi connectivity index (χ3n) is 10.8. The lowest BCUT2D eigenvalue weighted by atomic mass is 9.66. The minimum atomic E-state index is -1.38. The Kier molecular flexibility index (Phi) is 9.92. The molecule has 0 heterocycles. The van der Waals surface area contributed by atoms with E-state index in [1.807, 2.05) is 48.5 Å². The predicted molar refractivity (Wildman–Crippen MR) is 222 cm³/mol. The topological polar surface area (TPSA) is 168 Å². The second-order valence-corrected chi connectivity index (χ2v) is 16.6. The molecule has 7 rings (SSSR count). The molecule has 0 amide bonds. The first-order chi connectivity index (χ1) is 27.8. The van der Waals surface area contributed by atoms with Crippen molar-refractivity contribution in [1.82, 2.24) is 0 Å². The molecule has 59 heavy (non-hydrogen) atoms. The van der Waals surface area contributed by atoms with Gasteiger partial charge in [-0.1, -0.05) is 102 Å². The third kappa shape index (κ3) is 7.07. The number of rotatable bonds is 10. The lowest BCUT2D eigenvalue weighted by Crippen LogP contribution is -2.30. The second-order valence-electron chi connectivity index (χ2n) is 16.6. The Morgan fingerprint density at radius 3 is 1.14 bits per heavy atom. The highest BCUT2D eigenvalue weighted by atomic mass is 16.5. The van der Waals surface area contributed by atoms with E-state index in [0.29, 0.717) is 11.5 Å². The molecule has 0 saturated carbocycles. The van der Waals surface area contributed by atoms with E-state index in [9.17, 15) is 39.6 Å². The van der Waals surface area contributed by atoms with Crippen LogP contribution in [0.2, 0.25) is 0 Å². The first-order valence-electron chi connectivity index (χ1n) is 18.9. The van der Waals surface area contributed by atoms with Gasteiger partial charge in [0.15, 0.2) is 0 Å². The number of fused-ring (bicyclic) bond motifs is 3. The molecule has 0 aromatic heterocycles. The summed E-state index contributed by atoms with van der Waals surface area (Å²) in [6, 6.07) is 36.3. The average molecular weight is 791 g/mol. The zero-order valence-electron chi connectivity index (χ0n) is 33.3. The van der Waals surface area contributed by atoms with Gasteiger partial charge >= 0.3 is 23.9 Å². The van der Waals surface area contributed by atoms with Crippen molar-refractivity contribution in [2.45, 2.75) is 57.8 Å². The zero-order valence-corrected chi connectivity index (χ0v) is 33.3. The fourth-order valence-electron chi connectivity index (χ4n) is 8.05. The van der Waals surface area contributed by atoms with Crippen LogP contribution in [0.1, 0.15) is 116 Å². The first-order valence-corrected chi connectivity index (χ1v) is 18.9. The minimum absolute atomic E-state index is 0.176. The summed E-state index contributed by atoms with van der Waals surface area (Å²) in [5.74, 6) is -4.17. The molecule has 0 fully saturated rings. The Balaban J connectivity index is 1.45. The SMILES string of the molecule is CC(C)(C)c1cc(C2(c3ccc(Oc4ccc(C(=O)O)c(C(=O)O)c4)c(C(C)(C)C)c3)c3ccccc3-c3ccccc32)ccc1Oc1ccc(C(=O)O)c(C(=O)O)c1. The smallest absolute Gasteiger partial charge is 0.336 e. The van der Waals surface area contributed by atoms with E-state index < -0.39 is 40.1 Å². The summed E-state index contributed by atoms with van der Waals surface area (Å²) in [7, 11) is 0. The molecule has 0 aliphatic heterocycles. The van der Waals surface area contributed by atoms with Gasteiger partial charge in [-0.25, -0.2) is 19.2 Å². The van der Waals surface area contributed by atoms with E-state index in [1.165, 1.54) is 36.4 Å². The number of hydrogen-bond acceptors (Lipinski definition) is 6. The number of carbonyl (C=O) groups is 4. The summed E-state index contributed by atoms with van der Waals surface area (Å²) in [5, 5.41) is 38.8. The van der Waals surface area contributed by atoms with Crippen LogP contribution in [0.3, 0.4) is 0 Å². The molecule has 1 aliphatic rings. The highest BCUT2D eigenvalue weighted by Crippen LogP contribution is 2.57. The highest BCUT2D eigenvalue weighted by Gasteiger charge is 2.47.